The summed E-state index contributed by atoms with van der Waals surface area (Å²) in [6, 6.07) is -0.0346. The van der Waals surface area contributed by atoms with Gasteiger partial charge in [0.2, 0.25) is 11.8 Å². The van der Waals surface area contributed by atoms with Gasteiger partial charge in [0, 0.05) is 25.5 Å². The zero-order valence-corrected chi connectivity index (χ0v) is 23.6. The van der Waals surface area contributed by atoms with Crippen LogP contribution in [-0.2, 0) is 14.3 Å². The standard InChI is InChI=1S/C25H28F8N4O6S/c1-42-19-17(37-8-14(35-36-37)11-6-12(26)16(28)13(27)7-11)18(39)15(9-38)43-22(19)44-20(21(40)34-10-25(31,32)33)23(41)2-4-24(29,30)5-3-23/h6-8,15,17-20,22,38-39,41H,2-5,9-10H2,1H3,(H,34,40)/t15-,17+,18+,19-,20?,22+/m1/s1. The third-order valence-corrected chi connectivity index (χ3v) is 9.07. The lowest BCUT2D eigenvalue weighted by Gasteiger charge is -2.46. The van der Waals surface area contributed by atoms with Gasteiger partial charge >= 0.3 is 6.18 Å². The Bertz CT molecular complexity index is 1300. The molecule has 246 valence electrons. The first-order valence-corrected chi connectivity index (χ1v) is 14.1. The lowest BCUT2D eigenvalue weighted by Crippen LogP contribution is -2.59. The smallest absolute Gasteiger partial charge is 0.394 e. The van der Waals surface area contributed by atoms with Crippen molar-refractivity contribution in [2.45, 2.75) is 78.4 Å². The van der Waals surface area contributed by atoms with Crippen molar-refractivity contribution in [1.82, 2.24) is 20.3 Å². The monoisotopic (exact) mass is 664 g/mol. The number of aliphatic hydroxyl groups is 3. The molecule has 1 aliphatic heterocycles. The summed E-state index contributed by atoms with van der Waals surface area (Å²) in [5.74, 6) is -9.24. The number of amides is 1. The molecule has 4 N–H and O–H groups in total. The SMILES string of the molecule is CO[C@@H]1[C@@H](n2cc(-c3cc(F)c(F)c(F)c3)nn2)[C@@H](O)[C@@H](CO)O[C@H]1SC(C(=O)NCC(F)(F)F)C1(O)CCC(F)(F)CC1. The maximum atomic E-state index is 13.9. The lowest BCUT2D eigenvalue weighted by molar-refractivity contribution is -0.186. The molecule has 1 aromatic heterocycles. The number of carbonyl (C=O) groups is 1. The van der Waals surface area contributed by atoms with E-state index in [-0.39, 0.29) is 11.3 Å². The van der Waals surface area contributed by atoms with E-state index < -0.39 is 115 Å². The number of carbonyl (C=O) groups excluding carboxylic acids is 1. The fourth-order valence-corrected chi connectivity index (χ4v) is 6.74. The molecule has 0 spiro atoms. The molecule has 19 heteroatoms. The number of nitrogens with one attached hydrogen (secondary N) is 1. The van der Waals surface area contributed by atoms with Gasteiger partial charge in [0.25, 0.3) is 0 Å². The van der Waals surface area contributed by atoms with Crippen LogP contribution in [0.25, 0.3) is 11.3 Å². The summed E-state index contributed by atoms with van der Waals surface area (Å²) in [6.07, 6.45) is -11.1. The highest BCUT2D eigenvalue weighted by molar-refractivity contribution is 8.01. The molecule has 1 aliphatic carbocycles. The number of rotatable bonds is 9. The summed E-state index contributed by atoms with van der Waals surface area (Å²) >= 11 is 0.445. The van der Waals surface area contributed by atoms with Crippen LogP contribution in [0, 0.1) is 17.5 Å². The molecular weight excluding hydrogens is 636 g/mol. The van der Waals surface area contributed by atoms with Crippen molar-refractivity contribution < 1.29 is 64.7 Å². The van der Waals surface area contributed by atoms with Gasteiger partial charge in [0.05, 0.1) is 18.4 Å². The van der Waals surface area contributed by atoms with Crippen molar-refractivity contribution in [1.29, 1.82) is 0 Å². The first-order valence-electron chi connectivity index (χ1n) is 13.1. The summed E-state index contributed by atoms with van der Waals surface area (Å²) in [5, 5.41) is 39.7. The minimum Gasteiger partial charge on any atom is -0.394 e. The van der Waals surface area contributed by atoms with E-state index in [1.165, 1.54) is 0 Å². The van der Waals surface area contributed by atoms with E-state index in [4.69, 9.17) is 9.47 Å². The average molecular weight is 665 g/mol. The highest BCUT2D eigenvalue weighted by Gasteiger charge is 2.54. The second-order valence-electron chi connectivity index (χ2n) is 10.6. The largest absolute Gasteiger partial charge is 0.405 e. The molecule has 4 rings (SSSR count). The van der Waals surface area contributed by atoms with E-state index in [0.29, 0.717) is 23.9 Å². The molecule has 1 amide bonds. The molecule has 2 heterocycles. The Balaban J connectivity index is 1.67. The van der Waals surface area contributed by atoms with Gasteiger partial charge in [-0.3, -0.25) is 4.79 Å². The highest BCUT2D eigenvalue weighted by atomic mass is 32.2. The van der Waals surface area contributed by atoms with Gasteiger partial charge in [-0.25, -0.2) is 26.6 Å². The van der Waals surface area contributed by atoms with Crippen molar-refractivity contribution in [2.24, 2.45) is 0 Å². The molecule has 2 fully saturated rings. The summed E-state index contributed by atoms with van der Waals surface area (Å²) < 4.78 is 120. The minimum atomic E-state index is -4.83. The van der Waals surface area contributed by atoms with Crippen LogP contribution >= 0.6 is 11.8 Å². The first-order chi connectivity index (χ1) is 20.5. The van der Waals surface area contributed by atoms with Crippen LogP contribution in [0.15, 0.2) is 18.3 Å². The molecule has 2 aromatic rings. The van der Waals surface area contributed by atoms with Gasteiger partial charge < -0.3 is 30.1 Å². The number of hydrogen-bond acceptors (Lipinski definition) is 9. The number of alkyl halides is 5. The Hall–Kier alpha value is -2.58. The Morgan fingerprint density at radius 3 is 2.36 bits per heavy atom. The third kappa shape index (κ3) is 7.44. The molecule has 6 atom stereocenters. The van der Waals surface area contributed by atoms with Crippen LogP contribution in [0.1, 0.15) is 31.7 Å². The number of thioether (sulfide) groups is 1. The summed E-state index contributed by atoms with van der Waals surface area (Å²) in [7, 11) is 1.14. The molecule has 1 unspecified atom stereocenters. The number of halogens is 8. The number of aliphatic hydroxyl groups excluding tert-OH is 2. The van der Waals surface area contributed by atoms with E-state index >= 15 is 0 Å². The fourth-order valence-electron chi connectivity index (χ4n) is 5.14. The summed E-state index contributed by atoms with van der Waals surface area (Å²) in [6.45, 7) is -2.61. The van der Waals surface area contributed by atoms with Crippen molar-refractivity contribution in [3.63, 3.8) is 0 Å². The number of ether oxygens (including phenoxy) is 2. The van der Waals surface area contributed by atoms with Gasteiger partial charge in [-0.2, -0.15) is 13.2 Å². The van der Waals surface area contributed by atoms with Crippen LogP contribution in [0.3, 0.4) is 0 Å². The van der Waals surface area contributed by atoms with E-state index in [9.17, 15) is 55.2 Å². The average Bonchev–Trinajstić information content (AvgIpc) is 3.44. The van der Waals surface area contributed by atoms with Crippen LogP contribution < -0.4 is 5.32 Å². The number of hydrogen-bond donors (Lipinski definition) is 4. The zero-order chi connectivity index (χ0) is 32.6. The van der Waals surface area contributed by atoms with Gasteiger partial charge in [0.1, 0.15) is 47.3 Å². The molecule has 0 radical (unpaired) electrons. The predicted octanol–water partition coefficient (Wildman–Crippen LogP) is 2.72. The zero-order valence-electron chi connectivity index (χ0n) is 22.8. The number of nitrogens with zero attached hydrogens (tertiary/aromatic N) is 3. The molecule has 1 saturated carbocycles. The normalized spacial score (nSPS) is 27.6. The van der Waals surface area contributed by atoms with E-state index in [1.54, 1.807) is 5.32 Å². The van der Waals surface area contributed by atoms with Gasteiger partial charge in [0.15, 0.2) is 17.5 Å². The first kappa shape index (κ1) is 34.3. The minimum absolute atomic E-state index is 0.178. The topological polar surface area (TPSA) is 139 Å². The van der Waals surface area contributed by atoms with Crippen molar-refractivity contribution in [3.8, 4) is 11.3 Å². The van der Waals surface area contributed by atoms with Gasteiger partial charge in [-0.05, 0) is 25.0 Å². The van der Waals surface area contributed by atoms with Gasteiger partial charge in [-0.1, -0.05) is 5.21 Å². The molecule has 2 aliphatic rings. The van der Waals surface area contributed by atoms with Gasteiger partial charge in [-0.15, -0.1) is 16.9 Å². The molecule has 0 bridgehead atoms. The summed E-state index contributed by atoms with van der Waals surface area (Å²) in [4.78, 5) is 13.0. The maximum Gasteiger partial charge on any atom is 0.405 e. The lowest BCUT2D eigenvalue weighted by atomic mass is 9.80. The maximum absolute atomic E-state index is 13.9. The molecule has 44 heavy (non-hydrogen) atoms. The van der Waals surface area contributed by atoms with Crippen LogP contribution in [0.4, 0.5) is 35.1 Å². The Labute approximate surface area is 248 Å². The Kier molecular flexibility index (Phi) is 10.2. The van der Waals surface area contributed by atoms with Crippen molar-refractivity contribution in [3.05, 3.63) is 35.8 Å². The molecule has 1 aromatic carbocycles. The van der Waals surface area contributed by atoms with E-state index in [0.717, 1.165) is 18.0 Å². The molecule has 1 saturated heterocycles. The quantitative estimate of drug-likeness (QED) is 0.236. The van der Waals surface area contributed by atoms with E-state index in [2.05, 4.69) is 10.3 Å². The second-order valence-corrected chi connectivity index (χ2v) is 11.8. The van der Waals surface area contributed by atoms with E-state index in [1.807, 2.05) is 0 Å². The number of benzene rings is 1. The molecule has 10 nitrogen and oxygen atoms in total. The Morgan fingerprint density at radius 1 is 1.20 bits per heavy atom. The van der Waals surface area contributed by atoms with Crippen LogP contribution in [0.5, 0.6) is 0 Å². The highest BCUT2D eigenvalue weighted by Crippen LogP contribution is 2.47. The fraction of sp³-hybridized carbons (Fsp3) is 0.640. The van der Waals surface area contributed by atoms with Crippen LogP contribution in [-0.4, -0.2) is 103 Å². The van der Waals surface area contributed by atoms with Crippen molar-refractivity contribution >= 4 is 17.7 Å². The predicted molar refractivity (Wildman–Crippen MR) is 136 cm³/mol. The van der Waals surface area contributed by atoms with Crippen LogP contribution in [0.2, 0.25) is 0 Å². The number of aromatic nitrogens is 3. The third-order valence-electron chi connectivity index (χ3n) is 7.50. The number of methoxy groups -OCH3 is 1. The Morgan fingerprint density at radius 2 is 1.82 bits per heavy atom. The molecular formula is C25H28F8N4O6S. The summed E-state index contributed by atoms with van der Waals surface area (Å²) in [5.41, 5.74) is -4.05. The second kappa shape index (κ2) is 13.0. The van der Waals surface area contributed by atoms with Crippen molar-refractivity contribution in [2.75, 3.05) is 20.3 Å².